The van der Waals surface area contributed by atoms with Crippen molar-refractivity contribution in [3.05, 3.63) is 59.1 Å². The summed E-state index contributed by atoms with van der Waals surface area (Å²) in [6.07, 6.45) is 2.67. The van der Waals surface area contributed by atoms with Crippen LogP contribution < -0.4 is 5.32 Å². The standard InChI is InChI=1S/C23H25ClN2O3/c1-22(2)16(12-13-23(22,3)21(28)29)20(27)26-19-11-7-6-10-18(19)25-14-15-8-4-5-9-17(15)24/h4-11,14,16H,12-13H2,1-3H3,(H,26,27)(H,28,29). The van der Waals surface area contributed by atoms with E-state index in [9.17, 15) is 14.7 Å². The molecule has 1 fully saturated rings. The number of benzene rings is 2. The van der Waals surface area contributed by atoms with Crippen LogP contribution in [0.1, 0.15) is 39.2 Å². The van der Waals surface area contributed by atoms with Crippen LogP contribution in [-0.2, 0) is 9.59 Å². The minimum absolute atomic E-state index is 0.180. The van der Waals surface area contributed by atoms with Crippen molar-refractivity contribution in [3.8, 4) is 0 Å². The van der Waals surface area contributed by atoms with E-state index in [4.69, 9.17) is 11.6 Å². The first-order valence-corrected chi connectivity index (χ1v) is 9.96. The molecule has 0 heterocycles. The third-order valence-electron chi connectivity index (χ3n) is 6.42. The van der Waals surface area contributed by atoms with E-state index in [1.165, 1.54) is 0 Å². The molecule has 0 saturated heterocycles. The predicted molar refractivity (Wildman–Crippen MR) is 116 cm³/mol. The number of carboxylic acid groups (broad SMARTS) is 1. The van der Waals surface area contributed by atoms with Gasteiger partial charge in [0.2, 0.25) is 5.91 Å². The fraction of sp³-hybridized carbons (Fsp3) is 0.348. The fourth-order valence-corrected chi connectivity index (χ4v) is 4.16. The third kappa shape index (κ3) is 3.92. The first-order chi connectivity index (χ1) is 13.7. The number of halogens is 1. The maximum absolute atomic E-state index is 13.0. The Labute approximate surface area is 175 Å². The van der Waals surface area contributed by atoms with Crippen LogP contribution in [0.3, 0.4) is 0 Å². The highest BCUT2D eigenvalue weighted by atomic mass is 35.5. The van der Waals surface area contributed by atoms with E-state index in [2.05, 4.69) is 10.3 Å². The number of rotatable bonds is 5. The number of amides is 1. The molecule has 3 rings (SSSR count). The number of nitrogens with zero attached hydrogens (tertiary/aromatic N) is 1. The van der Waals surface area contributed by atoms with Crippen LogP contribution in [0.5, 0.6) is 0 Å². The van der Waals surface area contributed by atoms with Crippen LogP contribution in [0.25, 0.3) is 0 Å². The number of aliphatic carboxylic acids is 1. The van der Waals surface area contributed by atoms with Gasteiger partial charge >= 0.3 is 5.97 Å². The lowest BCUT2D eigenvalue weighted by molar-refractivity contribution is -0.154. The van der Waals surface area contributed by atoms with E-state index in [0.29, 0.717) is 29.2 Å². The average Bonchev–Trinajstić information content (AvgIpc) is 2.92. The lowest BCUT2D eigenvalue weighted by Gasteiger charge is -2.37. The molecule has 2 N–H and O–H groups in total. The minimum atomic E-state index is -0.934. The minimum Gasteiger partial charge on any atom is -0.481 e. The molecule has 0 bridgehead atoms. The van der Waals surface area contributed by atoms with Crippen molar-refractivity contribution in [1.29, 1.82) is 0 Å². The van der Waals surface area contributed by atoms with Gasteiger partial charge < -0.3 is 10.4 Å². The molecular weight excluding hydrogens is 388 g/mol. The second-order valence-corrected chi connectivity index (χ2v) is 8.64. The summed E-state index contributed by atoms with van der Waals surface area (Å²) in [4.78, 5) is 29.3. The molecule has 0 aliphatic heterocycles. The van der Waals surface area contributed by atoms with Gasteiger partial charge in [-0.05, 0) is 43.4 Å². The van der Waals surface area contributed by atoms with Crippen LogP contribution in [0, 0.1) is 16.7 Å². The third-order valence-corrected chi connectivity index (χ3v) is 6.77. The number of carboxylic acids is 1. The van der Waals surface area contributed by atoms with Crippen LogP contribution >= 0.6 is 11.6 Å². The molecule has 152 valence electrons. The maximum Gasteiger partial charge on any atom is 0.309 e. The average molecular weight is 413 g/mol. The van der Waals surface area contributed by atoms with E-state index in [-0.39, 0.29) is 5.91 Å². The fourth-order valence-electron chi connectivity index (χ4n) is 3.97. The molecule has 0 radical (unpaired) electrons. The van der Waals surface area contributed by atoms with Crippen LogP contribution in [0.2, 0.25) is 5.02 Å². The number of carbonyl (C=O) groups excluding carboxylic acids is 1. The van der Waals surface area contributed by atoms with E-state index in [1.54, 1.807) is 25.3 Å². The number of carbonyl (C=O) groups is 2. The number of hydrogen-bond acceptors (Lipinski definition) is 3. The van der Waals surface area contributed by atoms with Crippen LogP contribution in [-0.4, -0.2) is 23.2 Å². The van der Waals surface area contributed by atoms with Gasteiger partial charge in [-0.3, -0.25) is 14.6 Å². The molecule has 0 aromatic heterocycles. The maximum atomic E-state index is 13.0. The molecule has 2 aromatic carbocycles. The molecule has 6 heteroatoms. The van der Waals surface area contributed by atoms with Crippen molar-refractivity contribution >= 4 is 41.1 Å². The van der Waals surface area contributed by atoms with Gasteiger partial charge in [0.05, 0.1) is 16.8 Å². The highest BCUT2D eigenvalue weighted by Crippen LogP contribution is 2.56. The molecule has 1 aliphatic carbocycles. The summed E-state index contributed by atoms with van der Waals surface area (Å²) in [6.45, 7) is 5.45. The molecule has 2 atom stereocenters. The van der Waals surface area contributed by atoms with Crippen molar-refractivity contribution in [1.82, 2.24) is 0 Å². The molecule has 0 spiro atoms. The Morgan fingerprint density at radius 3 is 2.45 bits per heavy atom. The topological polar surface area (TPSA) is 78.8 Å². The lowest BCUT2D eigenvalue weighted by atomic mass is 9.65. The van der Waals surface area contributed by atoms with Gasteiger partial charge in [-0.15, -0.1) is 0 Å². The molecule has 5 nitrogen and oxygen atoms in total. The Hall–Kier alpha value is -2.66. The molecule has 29 heavy (non-hydrogen) atoms. The first kappa shape index (κ1) is 21.1. The summed E-state index contributed by atoms with van der Waals surface area (Å²) in [7, 11) is 0. The van der Waals surface area contributed by atoms with Gasteiger partial charge in [0.15, 0.2) is 0 Å². The Morgan fingerprint density at radius 2 is 1.79 bits per heavy atom. The molecule has 1 saturated carbocycles. The monoisotopic (exact) mass is 412 g/mol. The quantitative estimate of drug-likeness (QED) is 0.631. The van der Waals surface area contributed by atoms with E-state index >= 15 is 0 Å². The van der Waals surface area contributed by atoms with Gasteiger partial charge in [0, 0.05) is 22.7 Å². The summed E-state index contributed by atoms with van der Waals surface area (Å²) in [5, 5.41) is 13.2. The van der Waals surface area contributed by atoms with Gasteiger partial charge in [-0.25, -0.2) is 0 Å². The Kier molecular flexibility index (Phi) is 5.80. The zero-order chi connectivity index (χ0) is 21.2. The highest BCUT2D eigenvalue weighted by molar-refractivity contribution is 6.33. The van der Waals surface area contributed by atoms with Crippen molar-refractivity contribution < 1.29 is 14.7 Å². The molecule has 1 aliphatic rings. The largest absolute Gasteiger partial charge is 0.481 e. The van der Waals surface area contributed by atoms with E-state index in [0.717, 1.165) is 5.56 Å². The zero-order valence-corrected chi connectivity index (χ0v) is 17.5. The van der Waals surface area contributed by atoms with E-state index in [1.807, 2.05) is 50.2 Å². The van der Waals surface area contributed by atoms with Crippen molar-refractivity contribution in [2.45, 2.75) is 33.6 Å². The molecule has 1 amide bonds. The Morgan fingerprint density at radius 1 is 1.14 bits per heavy atom. The second kappa shape index (κ2) is 7.99. The van der Waals surface area contributed by atoms with Crippen molar-refractivity contribution in [2.24, 2.45) is 21.7 Å². The summed E-state index contributed by atoms with van der Waals surface area (Å²) in [6, 6.07) is 14.6. The van der Waals surface area contributed by atoms with Crippen LogP contribution in [0.4, 0.5) is 11.4 Å². The summed E-state index contributed by atoms with van der Waals surface area (Å²) >= 11 is 6.18. The highest BCUT2D eigenvalue weighted by Gasteiger charge is 2.58. The number of anilines is 1. The van der Waals surface area contributed by atoms with Gasteiger partial charge in [-0.1, -0.05) is 55.8 Å². The number of aliphatic imine (C=N–C) groups is 1. The Balaban J connectivity index is 1.82. The summed E-state index contributed by atoms with van der Waals surface area (Å²) in [5.41, 5.74) is 0.373. The first-order valence-electron chi connectivity index (χ1n) is 9.59. The summed E-state index contributed by atoms with van der Waals surface area (Å²) < 4.78 is 0. The van der Waals surface area contributed by atoms with Gasteiger partial charge in [0.1, 0.15) is 0 Å². The van der Waals surface area contributed by atoms with Gasteiger partial charge in [0.25, 0.3) is 0 Å². The van der Waals surface area contributed by atoms with Crippen molar-refractivity contribution in [3.63, 3.8) is 0 Å². The van der Waals surface area contributed by atoms with Crippen LogP contribution in [0.15, 0.2) is 53.5 Å². The summed E-state index contributed by atoms with van der Waals surface area (Å²) in [5.74, 6) is -1.44. The predicted octanol–water partition coefficient (Wildman–Crippen LogP) is 5.56. The van der Waals surface area contributed by atoms with E-state index < -0.39 is 22.7 Å². The normalized spacial score (nSPS) is 23.2. The molecule has 2 aromatic rings. The Bertz CT molecular complexity index is 970. The zero-order valence-electron chi connectivity index (χ0n) is 16.8. The second-order valence-electron chi connectivity index (χ2n) is 8.24. The molecule has 2 unspecified atom stereocenters. The van der Waals surface area contributed by atoms with Crippen molar-refractivity contribution in [2.75, 3.05) is 5.32 Å². The number of hydrogen-bond donors (Lipinski definition) is 2. The number of para-hydroxylation sites is 2. The lowest BCUT2D eigenvalue weighted by Crippen LogP contribution is -2.43. The molecular formula is C23H25ClN2O3. The smallest absolute Gasteiger partial charge is 0.309 e. The number of nitrogens with one attached hydrogen (secondary N) is 1. The SMILES string of the molecule is CC1(C(=O)O)CCC(C(=O)Nc2ccccc2N=Cc2ccccc2Cl)C1(C)C. The van der Waals surface area contributed by atoms with Gasteiger partial charge in [-0.2, -0.15) is 0 Å².